The Kier molecular flexibility index (Phi) is 18.9. The lowest BCUT2D eigenvalue weighted by molar-refractivity contribution is -0.704. The number of hydrogen-bond acceptors (Lipinski definition) is 0. The van der Waals surface area contributed by atoms with Gasteiger partial charge in [0.2, 0.25) is 0 Å². The molecule has 0 spiro atoms. The molecule has 0 fully saturated rings. The van der Waals surface area contributed by atoms with Crippen LogP contribution in [0.2, 0.25) is 0 Å². The summed E-state index contributed by atoms with van der Waals surface area (Å²) in [6.07, 6.45) is 31.1. The van der Waals surface area contributed by atoms with Crippen LogP contribution in [0.5, 0.6) is 0 Å². The van der Waals surface area contributed by atoms with Crippen molar-refractivity contribution in [2.45, 2.75) is 175 Å². The van der Waals surface area contributed by atoms with Crippen molar-refractivity contribution in [3.63, 3.8) is 0 Å². The van der Waals surface area contributed by atoms with Crippen molar-refractivity contribution in [1.29, 1.82) is 0 Å². The van der Waals surface area contributed by atoms with Crippen LogP contribution in [-0.2, 0) is 25.9 Å². The molecule has 0 amide bonds. The van der Waals surface area contributed by atoms with Crippen LogP contribution in [0.3, 0.4) is 0 Å². The number of rotatable bonds is 26. The Morgan fingerprint density at radius 2 is 1.05 bits per heavy atom. The van der Waals surface area contributed by atoms with Gasteiger partial charge in [-0.25, -0.2) is 9.13 Å². The highest BCUT2D eigenvalue weighted by Crippen LogP contribution is 2.23. The van der Waals surface area contributed by atoms with Gasteiger partial charge in [-0.2, -0.15) is 0 Å². The fraction of sp³-hybridized carbons (Fsp3) is 0.643. The molecule has 44 heavy (non-hydrogen) atoms. The molecule has 0 bridgehead atoms. The lowest BCUT2D eigenvalue weighted by Gasteiger charge is -2.12. The van der Waals surface area contributed by atoms with E-state index in [1.54, 1.807) is 0 Å². The zero-order valence-electron chi connectivity index (χ0n) is 29.1. The van der Waals surface area contributed by atoms with Gasteiger partial charge in [-0.3, -0.25) is 0 Å². The Balaban J connectivity index is 1.54. The zero-order chi connectivity index (χ0) is 31.1. The van der Waals surface area contributed by atoms with Gasteiger partial charge in [-0.15, -0.1) is 0 Å². The molecule has 1 unspecified atom stereocenters. The molecule has 0 saturated heterocycles. The van der Waals surface area contributed by atoms with Crippen molar-refractivity contribution in [2.24, 2.45) is 0 Å². The normalized spacial score (nSPS) is 12.2. The number of aromatic nitrogens is 2. The quantitative estimate of drug-likeness (QED) is 0.0641. The van der Waals surface area contributed by atoms with E-state index in [0.717, 1.165) is 25.9 Å². The van der Waals surface area contributed by atoms with E-state index in [0.29, 0.717) is 5.92 Å². The first kappa shape index (κ1) is 36.1. The Hall–Kier alpha value is -2.35. The highest BCUT2D eigenvalue weighted by atomic mass is 15.2. The number of benzene rings is 2. The smallest absolute Gasteiger partial charge is 0.234 e. The van der Waals surface area contributed by atoms with Gasteiger partial charge in [-0.1, -0.05) is 178 Å². The van der Waals surface area contributed by atoms with Gasteiger partial charge in [-0.05, 0) is 42.7 Å². The maximum absolute atomic E-state index is 2.73. The van der Waals surface area contributed by atoms with Gasteiger partial charge in [0.25, 0.3) is 5.82 Å². The third-order valence-corrected chi connectivity index (χ3v) is 9.62. The summed E-state index contributed by atoms with van der Waals surface area (Å²) in [5.41, 5.74) is 4.40. The third-order valence-electron chi connectivity index (χ3n) is 9.62. The summed E-state index contributed by atoms with van der Waals surface area (Å²) in [5.74, 6) is 2.03. The molecule has 0 aliphatic rings. The first-order valence-electron chi connectivity index (χ1n) is 18.9. The third kappa shape index (κ3) is 14.2. The highest BCUT2D eigenvalue weighted by molar-refractivity contribution is 5.22. The van der Waals surface area contributed by atoms with Gasteiger partial charge in [0.1, 0.15) is 11.9 Å². The molecule has 0 aliphatic heterocycles. The molecule has 0 N–H and O–H groups in total. The first-order valence-corrected chi connectivity index (χ1v) is 18.9. The minimum Gasteiger partial charge on any atom is -0.234 e. The van der Waals surface area contributed by atoms with Gasteiger partial charge in [0.05, 0.1) is 19.5 Å². The van der Waals surface area contributed by atoms with Crippen LogP contribution in [0.15, 0.2) is 66.9 Å². The van der Waals surface area contributed by atoms with E-state index < -0.39 is 0 Å². The maximum atomic E-state index is 2.73. The summed E-state index contributed by atoms with van der Waals surface area (Å²) in [6, 6.07) is 22.3. The lowest BCUT2D eigenvalue weighted by atomic mass is 9.96. The number of imidazole rings is 1. The predicted octanol–water partition coefficient (Wildman–Crippen LogP) is 12.2. The first-order chi connectivity index (χ1) is 21.7. The van der Waals surface area contributed by atoms with Crippen molar-refractivity contribution in [3.8, 4) is 0 Å². The van der Waals surface area contributed by atoms with E-state index in [2.05, 4.69) is 96.8 Å². The number of aryl methyl sites for hydroxylation is 1. The molecule has 3 rings (SSSR count). The Labute approximate surface area is 272 Å². The minimum absolute atomic E-state index is 0.518. The molecule has 0 saturated carbocycles. The highest BCUT2D eigenvalue weighted by Gasteiger charge is 2.25. The second-order valence-corrected chi connectivity index (χ2v) is 13.6. The molecule has 2 nitrogen and oxygen atoms in total. The van der Waals surface area contributed by atoms with Crippen molar-refractivity contribution >= 4 is 0 Å². The molecule has 1 heterocycles. The zero-order valence-corrected chi connectivity index (χ0v) is 29.1. The molecule has 1 aromatic heterocycles. The van der Waals surface area contributed by atoms with Crippen molar-refractivity contribution < 1.29 is 4.57 Å². The summed E-state index contributed by atoms with van der Waals surface area (Å²) >= 11 is 0. The van der Waals surface area contributed by atoms with E-state index in [-0.39, 0.29) is 0 Å². The Morgan fingerprint density at radius 3 is 1.59 bits per heavy atom. The average molecular weight is 600 g/mol. The standard InChI is InChI=1S/C42H67N2/c1-4-6-8-10-11-12-13-14-15-16-17-18-19-20-28-34-44-41(35-38(3)40-31-25-22-26-32-40)37-43(33-27-9-7-5-2)42(44)36-39-29-23-21-24-30-39/h21-26,29-32,37-38H,4-20,27-28,33-36H2,1-3H3/q+1. The second kappa shape index (κ2) is 23.1. The second-order valence-electron chi connectivity index (χ2n) is 13.6. The summed E-state index contributed by atoms with van der Waals surface area (Å²) in [5, 5.41) is 0. The molecule has 2 heteroatoms. The lowest BCUT2D eigenvalue weighted by Crippen LogP contribution is -2.37. The van der Waals surface area contributed by atoms with Gasteiger partial charge >= 0.3 is 0 Å². The largest absolute Gasteiger partial charge is 0.261 e. The molecule has 3 aromatic rings. The molecule has 0 radical (unpaired) electrons. The van der Waals surface area contributed by atoms with Crippen molar-refractivity contribution in [3.05, 3.63) is 89.5 Å². The summed E-state index contributed by atoms with van der Waals surface area (Å²) in [6.45, 7) is 9.31. The van der Waals surface area contributed by atoms with E-state index in [4.69, 9.17) is 0 Å². The molecule has 1 atom stereocenters. The van der Waals surface area contributed by atoms with Crippen molar-refractivity contribution in [2.75, 3.05) is 0 Å². The Morgan fingerprint density at radius 1 is 0.568 bits per heavy atom. The fourth-order valence-corrected chi connectivity index (χ4v) is 6.81. The van der Waals surface area contributed by atoms with Gasteiger partial charge in [0.15, 0.2) is 0 Å². The van der Waals surface area contributed by atoms with Crippen LogP contribution in [0.4, 0.5) is 0 Å². The predicted molar refractivity (Wildman–Crippen MR) is 192 cm³/mol. The number of hydrogen-bond donors (Lipinski definition) is 0. The minimum atomic E-state index is 0.518. The summed E-state index contributed by atoms with van der Waals surface area (Å²) in [7, 11) is 0. The van der Waals surface area contributed by atoms with Crippen LogP contribution in [0.1, 0.15) is 171 Å². The van der Waals surface area contributed by atoms with Crippen LogP contribution in [0, 0.1) is 0 Å². The fourth-order valence-electron chi connectivity index (χ4n) is 6.81. The topological polar surface area (TPSA) is 8.81 Å². The molecular formula is C42H67N2+. The number of nitrogens with zero attached hydrogens (tertiary/aromatic N) is 2. The van der Waals surface area contributed by atoms with Crippen LogP contribution in [-0.4, -0.2) is 4.57 Å². The monoisotopic (exact) mass is 600 g/mol. The van der Waals surface area contributed by atoms with E-state index in [1.807, 2.05) is 0 Å². The van der Waals surface area contributed by atoms with Crippen LogP contribution < -0.4 is 4.57 Å². The van der Waals surface area contributed by atoms with Gasteiger partial charge < -0.3 is 0 Å². The summed E-state index contributed by atoms with van der Waals surface area (Å²) in [4.78, 5) is 0. The van der Waals surface area contributed by atoms with E-state index in [9.17, 15) is 0 Å². The summed E-state index contributed by atoms with van der Waals surface area (Å²) < 4.78 is 5.36. The Bertz CT molecular complexity index is 1080. The van der Waals surface area contributed by atoms with Crippen LogP contribution in [0.25, 0.3) is 0 Å². The van der Waals surface area contributed by atoms with E-state index in [1.165, 1.54) is 145 Å². The molecule has 2 aromatic carbocycles. The van der Waals surface area contributed by atoms with E-state index >= 15 is 0 Å². The average Bonchev–Trinajstić information content (AvgIpc) is 3.36. The molecular weight excluding hydrogens is 532 g/mol. The molecule has 244 valence electrons. The van der Waals surface area contributed by atoms with Crippen molar-refractivity contribution in [1.82, 2.24) is 4.57 Å². The van der Waals surface area contributed by atoms with Crippen LogP contribution >= 0.6 is 0 Å². The number of unbranched alkanes of at least 4 members (excludes halogenated alkanes) is 17. The molecule has 0 aliphatic carbocycles. The van der Waals surface area contributed by atoms with Gasteiger partial charge in [0, 0.05) is 6.42 Å². The SMILES string of the molecule is CCCCCCCCCCCCCCCCCn1c(CC(C)c2ccccc2)c[n+](CCCCCC)c1Cc1ccccc1. The maximum Gasteiger partial charge on any atom is 0.261 e.